The zero-order valence-electron chi connectivity index (χ0n) is 9.58. The lowest BCUT2D eigenvalue weighted by Crippen LogP contribution is -1.93. The van der Waals surface area contributed by atoms with Crippen molar-refractivity contribution in [3.8, 4) is 6.07 Å². The summed E-state index contributed by atoms with van der Waals surface area (Å²) in [7, 11) is 0. The second-order valence-corrected chi connectivity index (χ2v) is 3.67. The standard InChI is InChI=1S/C15H10N2O/c16-11-13-1-4-14(5-2-13)15(18)6-3-12-7-9-17-10-8-12/h1-10H/b6-3+. The number of carbonyl (C=O) groups is 1. The number of pyridine rings is 1. The van der Waals surface area contributed by atoms with Crippen LogP contribution in [0.25, 0.3) is 6.08 Å². The van der Waals surface area contributed by atoms with Crippen LogP contribution in [0.15, 0.2) is 54.9 Å². The first-order valence-corrected chi connectivity index (χ1v) is 5.42. The summed E-state index contributed by atoms with van der Waals surface area (Å²) in [5.41, 5.74) is 2.04. The van der Waals surface area contributed by atoms with Crippen LogP contribution < -0.4 is 0 Å². The molecule has 18 heavy (non-hydrogen) atoms. The van der Waals surface area contributed by atoms with Crippen LogP contribution in [0, 0.1) is 11.3 Å². The van der Waals surface area contributed by atoms with Gasteiger partial charge in [0.2, 0.25) is 0 Å². The Hall–Kier alpha value is -2.73. The monoisotopic (exact) mass is 234 g/mol. The van der Waals surface area contributed by atoms with Gasteiger partial charge < -0.3 is 0 Å². The maximum atomic E-state index is 11.8. The van der Waals surface area contributed by atoms with Crippen LogP contribution in [0.3, 0.4) is 0 Å². The van der Waals surface area contributed by atoms with Gasteiger partial charge in [0.15, 0.2) is 5.78 Å². The maximum absolute atomic E-state index is 11.8. The highest BCUT2D eigenvalue weighted by atomic mass is 16.1. The van der Waals surface area contributed by atoms with Crippen LogP contribution in [0.1, 0.15) is 21.5 Å². The molecule has 2 rings (SSSR count). The quantitative estimate of drug-likeness (QED) is 0.606. The van der Waals surface area contributed by atoms with E-state index >= 15 is 0 Å². The molecule has 0 radical (unpaired) electrons. The molecular weight excluding hydrogens is 224 g/mol. The van der Waals surface area contributed by atoms with Gasteiger partial charge in [0.1, 0.15) is 0 Å². The molecule has 0 N–H and O–H groups in total. The van der Waals surface area contributed by atoms with Crippen LogP contribution in [-0.4, -0.2) is 10.8 Å². The summed E-state index contributed by atoms with van der Waals surface area (Å²) in [5.74, 6) is -0.0868. The Balaban J connectivity index is 2.12. The second kappa shape index (κ2) is 5.55. The molecule has 3 heteroatoms. The molecule has 0 fully saturated rings. The average Bonchev–Trinajstić information content (AvgIpc) is 2.46. The zero-order chi connectivity index (χ0) is 12.8. The molecule has 0 bridgehead atoms. The van der Waals surface area contributed by atoms with Crippen molar-refractivity contribution < 1.29 is 4.79 Å². The van der Waals surface area contributed by atoms with Crippen LogP contribution in [0.4, 0.5) is 0 Å². The number of allylic oxidation sites excluding steroid dienone is 1. The normalized spacial score (nSPS) is 10.2. The van der Waals surface area contributed by atoms with Gasteiger partial charge in [-0.1, -0.05) is 6.08 Å². The number of nitrogens with zero attached hydrogens (tertiary/aromatic N) is 2. The molecule has 1 aromatic carbocycles. The van der Waals surface area contributed by atoms with E-state index in [4.69, 9.17) is 5.26 Å². The van der Waals surface area contributed by atoms with Gasteiger partial charge in [0, 0.05) is 18.0 Å². The number of aromatic nitrogens is 1. The lowest BCUT2D eigenvalue weighted by Gasteiger charge is -1.95. The molecule has 0 aliphatic heterocycles. The van der Waals surface area contributed by atoms with E-state index in [1.807, 2.05) is 18.2 Å². The van der Waals surface area contributed by atoms with E-state index in [-0.39, 0.29) is 5.78 Å². The number of nitriles is 1. The van der Waals surface area contributed by atoms with Gasteiger partial charge in [-0.3, -0.25) is 9.78 Å². The molecule has 2 aromatic rings. The fraction of sp³-hybridized carbons (Fsp3) is 0. The van der Waals surface area contributed by atoms with E-state index in [0.717, 1.165) is 5.56 Å². The predicted octanol–water partition coefficient (Wildman–Crippen LogP) is 2.85. The lowest BCUT2D eigenvalue weighted by atomic mass is 10.1. The predicted molar refractivity (Wildman–Crippen MR) is 68.8 cm³/mol. The van der Waals surface area contributed by atoms with E-state index in [1.165, 1.54) is 6.08 Å². The third-order valence-corrected chi connectivity index (χ3v) is 2.43. The highest BCUT2D eigenvalue weighted by Crippen LogP contribution is 2.07. The molecule has 0 saturated carbocycles. The van der Waals surface area contributed by atoms with Crippen LogP contribution in [-0.2, 0) is 0 Å². The van der Waals surface area contributed by atoms with Crippen molar-refractivity contribution in [2.45, 2.75) is 0 Å². The topological polar surface area (TPSA) is 53.8 Å². The van der Waals surface area contributed by atoms with E-state index in [0.29, 0.717) is 11.1 Å². The van der Waals surface area contributed by atoms with Crippen molar-refractivity contribution in [1.29, 1.82) is 5.26 Å². The number of ketones is 1. The highest BCUT2D eigenvalue weighted by Gasteiger charge is 2.01. The van der Waals surface area contributed by atoms with Gasteiger partial charge in [-0.15, -0.1) is 0 Å². The van der Waals surface area contributed by atoms with Gasteiger partial charge in [0.05, 0.1) is 11.6 Å². The average molecular weight is 234 g/mol. The molecule has 86 valence electrons. The minimum Gasteiger partial charge on any atom is -0.289 e. The first-order valence-electron chi connectivity index (χ1n) is 5.42. The summed E-state index contributed by atoms with van der Waals surface area (Å²) in [6, 6.07) is 12.2. The molecule has 1 heterocycles. The van der Waals surface area contributed by atoms with Gasteiger partial charge in [0.25, 0.3) is 0 Å². The van der Waals surface area contributed by atoms with E-state index < -0.39 is 0 Å². The molecule has 0 saturated heterocycles. The van der Waals surface area contributed by atoms with E-state index in [1.54, 1.807) is 42.7 Å². The first-order chi connectivity index (χ1) is 8.79. The largest absolute Gasteiger partial charge is 0.289 e. The van der Waals surface area contributed by atoms with E-state index in [2.05, 4.69) is 4.98 Å². The van der Waals surface area contributed by atoms with Crippen LogP contribution in [0.2, 0.25) is 0 Å². The van der Waals surface area contributed by atoms with Crippen molar-refractivity contribution in [1.82, 2.24) is 4.98 Å². The third kappa shape index (κ3) is 2.89. The number of hydrogen-bond donors (Lipinski definition) is 0. The molecule has 1 aromatic heterocycles. The molecule has 3 nitrogen and oxygen atoms in total. The Morgan fingerprint density at radius 1 is 1.11 bits per heavy atom. The van der Waals surface area contributed by atoms with Crippen molar-refractivity contribution in [3.05, 3.63) is 71.6 Å². The lowest BCUT2D eigenvalue weighted by molar-refractivity contribution is 0.104. The summed E-state index contributed by atoms with van der Waals surface area (Å²) in [5, 5.41) is 8.66. The molecule has 0 spiro atoms. The van der Waals surface area contributed by atoms with Gasteiger partial charge in [-0.25, -0.2) is 0 Å². The Kier molecular flexibility index (Phi) is 3.62. The molecule has 0 unspecified atom stereocenters. The van der Waals surface area contributed by atoms with Gasteiger partial charge in [-0.2, -0.15) is 5.26 Å². The number of rotatable bonds is 3. The van der Waals surface area contributed by atoms with Crippen LogP contribution in [0.5, 0.6) is 0 Å². The number of benzene rings is 1. The fourth-order valence-corrected chi connectivity index (χ4v) is 1.45. The highest BCUT2D eigenvalue weighted by molar-refractivity contribution is 6.06. The van der Waals surface area contributed by atoms with Crippen molar-refractivity contribution in [2.24, 2.45) is 0 Å². The molecule has 0 aliphatic rings. The molecule has 0 aliphatic carbocycles. The summed E-state index contributed by atoms with van der Waals surface area (Å²) >= 11 is 0. The summed E-state index contributed by atoms with van der Waals surface area (Å²) in [4.78, 5) is 15.7. The minimum absolute atomic E-state index is 0.0868. The minimum atomic E-state index is -0.0868. The first kappa shape index (κ1) is 11.7. The van der Waals surface area contributed by atoms with Gasteiger partial charge in [-0.05, 0) is 48.0 Å². The van der Waals surface area contributed by atoms with E-state index in [9.17, 15) is 4.79 Å². The molecule has 0 atom stereocenters. The fourth-order valence-electron chi connectivity index (χ4n) is 1.45. The second-order valence-electron chi connectivity index (χ2n) is 3.67. The Labute approximate surface area is 105 Å². The number of hydrogen-bond acceptors (Lipinski definition) is 3. The van der Waals surface area contributed by atoms with Crippen LogP contribution >= 0.6 is 0 Å². The van der Waals surface area contributed by atoms with Crippen molar-refractivity contribution in [2.75, 3.05) is 0 Å². The Morgan fingerprint density at radius 2 is 1.78 bits per heavy atom. The summed E-state index contributed by atoms with van der Waals surface area (Å²) < 4.78 is 0. The smallest absolute Gasteiger partial charge is 0.185 e. The Morgan fingerprint density at radius 3 is 2.39 bits per heavy atom. The summed E-state index contributed by atoms with van der Waals surface area (Å²) in [6.45, 7) is 0. The Bertz CT molecular complexity index is 607. The van der Waals surface area contributed by atoms with Crippen molar-refractivity contribution >= 4 is 11.9 Å². The van der Waals surface area contributed by atoms with Gasteiger partial charge >= 0.3 is 0 Å². The van der Waals surface area contributed by atoms with Crippen molar-refractivity contribution in [3.63, 3.8) is 0 Å². The SMILES string of the molecule is N#Cc1ccc(C(=O)/C=C/c2ccncc2)cc1. The number of carbonyl (C=O) groups excluding carboxylic acids is 1. The molecule has 0 amide bonds. The third-order valence-electron chi connectivity index (χ3n) is 2.43. The molecular formula is C15H10N2O. The maximum Gasteiger partial charge on any atom is 0.185 e. The summed E-state index contributed by atoms with van der Waals surface area (Å²) in [6.07, 6.45) is 6.59. The zero-order valence-corrected chi connectivity index (χ0v) is 9.58.